The van der Waals surface area contributed by atoms with Crippen LogP contribution in [0.3, 0.4) is 0 Å². The first-order valence-electron chi connectivity index (χ1n) is 7.28. The van der Waals surface area contributed by atoms with Crippen molar-refractivity contribution in [2.24, 2.45) is 11.7 Å². The van der Waals surface area contributed by atoms with E-state index in [1.807, 2.05) is 12.1 Å². The molecule has 0 aromatic heterocycles. The predicted octanol–water partition coefficient (Wildman–Crippen LogP) is 2.33. The van der Waals surface area contributed by atoms with Gasteiger partial charge in [-0.25, -0.2) is 0 Å². The molecule has 1 aliphatic carbocycles. The molecule has 4 heteroatoms. The van der Waals surface area contributed by atoms with Crippen LogP contribution in [0.4, 0.5) is 0 Å². The number of rotatable bonds is 4. The van der Waals surface area contributed by atoms with E-state index in [1.54, 1.807) is 19.2 Å². The summed E-state index contributed by atoms with van der Waals surface area (Å²) < 4.78 is 5.26. The van der Waals surface area contributed by atoms with Crippen LogP contribution in [0.1, 0.15) is 43.0 Å². The van der Waals surface area contributed by atoms with Gasteiger partial charge in [-0.15, -0.1) is 0 Å². The molecule has 0 radical (unpaired) electrons. The Hall–Kier alpha value is -1.55. The number of hydrogen-bond acceptors (Lipinski definition) is 3. The van der Waals surface area contributed by atoms with Crippen LogP contribution in [-0.2, 0) is 0 Å². The molecule has 1 aromatic carbocycles. The van der Waals surface area contributed by atoms with Crippen LogP contribution in [0.5, 0.6) is 5.75 Å². The Kier molecular flexibility index (Phi) is 4.65. The Balaban J connectivity index is 2.21. The van der Waals surface area contributed by atoms with Crippen LogP contribution in [0.2, 0.25) is 0 Å². The highest BCUT2D eigenvalue weighted by molar-refractivity contribution is 5.97. The quantitative estimate of drug-likeness (QED) is 0.887. The highest BCUT2D eigenvalue weighted by Crippen LogP contribution is 2.33. The zero-order chi connectivity index (χ0) is 14.6. The maximum absolute atomic E-state index is 12.6. The third-order valence-corrected chi connectivity index (χ3v) is 4.53. The Morgan fingerprint density at radius 2 is 2.20 bits per heavy atom. The van der Waals surface area contributed by atoms with Crippen LogP contribution in [0.15, 0.2) is 24.3 Å². The van der Waals surface area contributed by atoms with E-state index in [9.17, 15) is 4.79 Å². The number of hydrogen-bond donors (Lipinski definition) is 2. The van der Waals surface area contributed by atoms with Gasteiger partial charge in [0.05, 0.1) is 18.2 Å². The van der Waals surface area contributed by atoms with Gasteiger partial charge in [0.15, 0.2) is 0 Å². The number of nitrogens with two attached hydrogens (primary N) is 1. The Labute approximate surface area is 120 Å². The van der Waals surface area contributed by atoms with Crippen molar-refractivity contribution < 1.29 is 9.53 Å². The molecule has 1 amide bonds. The van der Waals surface area contributed by atoms with Crippen LogP contribution >= 0.6 is 0 Å². The zero-order valence-corrected chi connectivity index (χ0v) is 12.3. The molecule has 1 aromatic rings. The van der Waals surface area contributed by atoms with E-state index in [4.69, 9.17) is 10.5 Å². The van der Waals surface area contributed by atoms with Gasteiger partial charge in [0.25, 0.3) is 5.91 Å². The van der Waals surface area contributed by atoms with Gasteiger partial charge in [-0.2, -0.15) is 0 Å². The molecule has 0 saturated heterocycles. The monoisotopic (exact) mass is 276 g/mol. The maximum Gasteiger partial charge on any atom is 0.255 e. The van der Waals surface area contributed by atoms with E-state index in [2.05, 4.69) is 12.2 Å². The van der Waals surface area contributed by atoms with Crippen molar-refractivity contribution in [2.45, 2.75) is 38.1 Å². The lowest BCUT2D eigenvalue weighted by atomic mass is 9.73. The van der Waals surface area contributed by atoms with Crippen molar-refractivity contribution in [2.75, 3.05) is 13.7 Å². The fourth-order valence-electron chi connectivity index (χ4n) is 3.08. The van der Waals surface area contributed by atoms with Crippen molar-refractivity contribution in [3.8, 4) is 5.75 Å². The van der Waals surface area contributed by atoms with Crippen LogP contribution in [0, 0.1) is 5.92 Å². The maximum atomic E-state index is 12.6. The number of amides is 1. The molecule has 110 valence electrons. The minimum atomic E-state index is -0.282. The molecule has 3 N–H and O–H groups in total. The second kappa shape index (κ2) is 6.27. The number of benzene rings is 1. The van der Waals surface area contributed by atoms with E-state index in [0.717, 1.165) is 19.3 Å². The topological polar surface area (TPSA) is 64.3 Å². The second-order valence-electron chi connectivity index (χ2n) is 5.66. The van der Waals surface area contributed by atoms with Gasteiger partial charge in [-0.1, -0.05) is 31.9 Å². The second-order valence-corrected chi connectivity index (χ2v) is 5.66. The van der Waals surface area contributed by atoms with Crippen molar-refractivity contribution in [3.63, 3.8) is 0 Å². The first-order valence-corrected chi connectivity index (χ1v) is 7.28. The average molecular weight is 276 g/mol. The molecule has 2 atom stereocenters. The van der Waals surface area contributed by atoms with Gasteiger partial charge >= 0.3 is 0 Å². The van der Waals surface area contributed by atoms with Crippen LogP contribution in [0.25, 0.3) is 0 Å². The molecular weight excluding hydrogens is 252 g/mol. The number of ether oxygens (including phenoxy) is 1. The fourth-order valence-corrected chi connectivity index (χ4v) is 3.08. The number of para-hydroxylation sites is 1. The van der Waals surface area contributed by atoms with Crippen molar-refractivity contribution in [3.05, 3.63) is 29.8 Å². The van der Waals surface area contributed by atoms with Gasteiger partial charge in [0.1, 0.15) is 5.75 Å². The molecule has 0 bridgehead atoms. The molecule has 4 nitrogen and oxygen atoms in total. The lowest BCUT2D eigenvalue weighted by molar-refractivity contribution is 0.0810. The summed E-state index contributed by atoms with van der Waals surface area (Å²) in [6.07, 6.45) is 4.40. The molecule has 1 fully saturated rings. The highest BCUT2D eigenvalue weighted by atomic mass is 16.5. The van der Waals surface area contributed by atoms with Crippen LogP contribution < -0.4 is 15.8 Å². The Bertz CT molecular complexity index is 475. The third-order valence-electron chi connectivity index (χ3n) is 4.53. The molecule has 0 heterocycles. The standard InChI is InChI=1S/C16H24N2O2/c1-12-7-5-6-10-16(12,11-17)18-15(19)13-8-3-4-9-14(13)20-2/h3-4,8-9,12H,5-7,10-11,17H2,1-2H3,(H,18,19). The van der Waals surface area contributed by atoms with Gasteiger partial charge in [-0.3, -0.25) is 4.79 Å². The fraction of sp³-hybridized carbons (Fsp3) is 0.562. The predicted molar refractivity (Wildman–Crippen MR) is 79.9 cm³/mol. The van der Waals surface area contributed by atoms with E-state index >= 15 is 0 Å². The van der Waals surface area contributed by atoms with E-state index < -0.39 is 0 Å². The number of nitrogens with one attached hydrogen (secondary N) is 1. The summed E-state index contributed by atoms with van der Waals surface area (Å²) in [6.45, 7) is 2.66. The van der Waals surface area contributed by atoms with Gasteiger partial charge in [0.2, 0.25) is 0 Å². The number of methoxy groups -OCH3 is 1. The van der Waals surface area contributed by atoms with Crippen LogP contribution in [-0.4, -0.2) is 25.1 Å². The summed E-state index contributed by atoms with van der Waals surface area (Å²) in [6, 6.07) is 7.29. The third kappa shape index (κ3) is 2.80. The summed E-state index contributed by atoms with van der Waals surface area (Å²) in [5.41, 5.74) is 6.27. The van der Waals surface area contributed by atoms with Crippen molar-refractivity contribution in [1.29, 1.82) is 0 Å². The SMILES string of the molecule is COc1ccccc1C(=O)NC1(CN)CCCCC1C. The molecule has 2 unspecified atom stereocenters. The van der Waals surface area contributed by atoms with Crippen molar-refractivity contribution in [1.82, 2.24) is 5.32 Å². The number of carbonyl (C=O) groups is 1. The Morgan fingerprint density at radius 3 is 2.85 bits per heavy atom. The van der Waals surface area contributed by atoms with E-state index in [0.29, 0.717) is 23.8 Å². The molecular formula is C16H24N2O2. The molecule has 1 aliphatic rings. The molecule has 0 spiro atoms. The molecule has 1 saturated carbocycles. The first-order chi connectivity index (χ1) is 9.63. The summed E-state index contributed by atoms with van der Waals surface area (Å²) in [5.74, 6) is 0.905. The summed E-state index contributed by atoms with van der Waals surface area (Å²) in [5, 5.41) is 3.18. The molecule has 20 heavy (non-hydrogen) atoms. The summed E-state index contributed by atoms with van der Waals surface area (Å²) in [7, 11) is 1.58. The zero-order valence-electron chi connectivity index (χ0n) is 12.3. The van der Waals surface area contributed by atoms with Gasteiger partial charge in [-0.05, 0) is 30.9 Å². The first kappa shape index (κ1) is 14.9. The average Bonchev–Trinajstić information content (AvgIpc) is 2.49. The minimum absolute atomic E-state index is 0.0957. The van der Waals surface area contributed by atoms with E-state index in [-0.39, 0.29) is 11.4 Å². The Morgan fingerprint density at radius 1 is 1.45 bits per heavy atom. The van der Waals surface area contributed by atoms with Gasteiger partial charge in [0, 0.05) is 6.54 Å². The summed E-state index contributed by atoms with van der Waals surface area (Å²) >= 11 is 0. The molecule has 0 aliphatic heterocycles. The lowest BCUT2D eigenvalue weighted by Gasteiger charge is -2.42. The smallest absolute Gasteiger partial charge is 0.255 e. The normalized spacial score (nSPS) is 26.1. The van der Waals surface area contributed by atoms with Gasteiger partial charge < -0.3 is 15.8 Å². The highest BCUT2D eigenvalue weighted by Gasteiger charge is 2.38. The largest absolute Gasteiger partial charge is 0.496 e. The molecule has 2 rings (SSSR count). The number of carbonyl (C=O) groups excluding carboxylic acids is 1. The minimum Gasteiger partial charge on any atom is -0.496 e. The van der Waals surface area contributed by atoms with E-state index in [1.165, 1.54) is 6.42 Å². The lowest BCUT2D eigenvalue weighted by Crippen LogP contribution is -2.59. The summed E-state index contributed by atoms with van der Waals surface area (Å²) in [4.78, 5) is 12.6. The van der Waals surface area contributed by atoms with Crippen molar-refractivity contribution >= 4 is 5.91 Å².